The van der Waals surface area contributed by atoms with E-state index in [0.29, 0.717) is 11.7 Å². The molecule has 1 aromatic heterocycles. The van der Waals surface area contributed by atoms with Gasteiger partial charge in [-0.3, -0.25) is 0 Å². The van der Waals surface area contributed by atoms with Crippen LogP contribution in [0.1, 0.15) is 25.3 Å². The Balaban J connectivity index is 1.80. The number of pyridine rings is 1. The van der Waals surface area contributed by atoms with Gasteiger partial charge in [0.15, 0.2) is 0 Å². The first-order chi connectivity index (χ1) is 9.91. The lowest BCUT2D eigenvalue weighted by Crippen LogP contribution is -2.45. The molecule has 116 valence electrons. The molecule has 1 N–H and O–H groups in total. The van der Waals surface area contributed by atoms with E-state index < -0.39 is 11.7 Å². The number of halogens is 3. The van der Waals surface area contributed by atoms with Crippen molar-refractivity contribution < 1.29 is 13.2 Å². The highest BCUT2D eigenvalue weighted by Crippen LogP contribution is 2.43. The zero-order valence-corrected chi connectivity index (χ0v) is 12.1. The lowest BCUT2D eigenvalue weighted by Gasteiger charge is -2.40. The van der Waals surface area contributed by atoms with Gasteiger partial charge in [0, 0.05) is 19.3 Å². The molecule has 2 aliphatic heterocycles. The lowest BCUT2D eigenvalue weighted by atomic mass is 9.71. The summed E-state index contributed by atoms with van der Waals surface area (Å²) in [6, 6.07) is 2.20. The molecule has 0 aliphatic carbocycles. The molecule has 1 spiro atoms. The summed E-state index contributed by atoms with van der Waals surface area (Å²) < 4.78 is 38.4. The van der Waals surface area contributed by atoms with Gasteiger partial charge < -0.3 is 10.2 Å². The van der Waals surface area contributed by atoms with Crippen LogP contribution >= 0.6 is 0 Å². The van der Waals surface area contributed by atoms with Gasteiger partial charge in [0.2, 0.25) is 0 Å². The molecule has 3 nitrogen and oxygen atoms in total. The summed E-state index contributed by atoms with van der Waals surface area (Å²) in [5.74, 6) is 0.995. The van der Waals surface area contributed by atoms with Crippen molar-refractivity contribution in [2.45, 2.75) is 25.9 Å². The highest BCUT2D eigenvalue weighted by atomic mass is 19.4. The molecule has 2 fully saturated rings. The topological polar surface area (TPSA) is 28.2 Å². The summed E-state index contributed by atoms with van der Waals surface area (Å²) in [4.78, 5) is 6.16. The predicted octanol–water partition coefficient (Wildman–Crippen LogP) is 2.93. The van der Waals surface area contributed by atoms with Crippen molar-refractivity contribution in [2.24, 2.45) is 11.3 Å². The van der Waals surface area contributed by atoms with Crippen molar-refractivity contribution in [1.82, 2.24) is 10.3 Å². The molecule has 3 rings (SSSR count). The number of anilines is 1. The fourth-order valence-electron chi connectivity index (χ4n) is 3.58. The van der Waals surface area contributed by atoms with E-state index in [9.17, 15) is 13.2 Å². The van der Waals surface area contributed by atoms with Crippen LogP contribution in [0.2, 0.25) is 0 Å². The summed E-state index contributed by atoms with van der Waals surface area (Å²) in [5, 5.41) is 3.39. The van der Waals surface area contributed by atoms with Crippen LogP contribution in [0.15, 0.2) is 18.3 Å². The Kier molecular flexibility index (Phi) is 3.59. The van der Waals surface area contributed by atoms with Gasteiger partial charge in [-0.15, -0.1) is 0 Å². The Bertz CT molecular complexity index is 517. The highest BCUT2D eigenvalue weighted by molar-refractivity contribution is 5.43. The van der Waals surface area contributed by atoms with E-state index in [2.05, 4.69) is 17.2 Å². The van der Waals surface area contributed by atoms with Crippen LogP contribution in [0.4, 0.5) is 19.0 Å². The molecule has 0 radical (unpaired) electrons. The monoisotopic (exact) mass is 299 g/mol. The molecule has 2 aliphatic rings. The smallest absolute Gasteiger partial charge is 0.356 e. The van der Waals surface area contributed by atoms with Gasteiger partial charge in [0.1, 0.15) is 5.82 Å². The maximum absolute atomic E-state index is 12.8. The summed E-state index contributed by atoms with van der Waals surface area (Å²) in [5.41, 5.74) is -0.395. The molecular formula is C15H20F3N3. The molecular weight excluding hydrogens is 279 g/mol. The quantitative estimate of drug-likeness (QED) is 0.864. The molecule has 2 atom stereocenters. The van der Waals surface area contributed by atoms with E-state index in [1.807, 2.05) is 4.90 Å². The van der Waals surface area contributed by atoms with E-state index in [0.717, 1.165) is 45.1 Å². The van der Waals surface area contributed by atoms with E-state index in [1.165, 1.54) is 12.3 Å². The second kappa shape index (κ2) is 5.16. The second-order valence-electron chi connectivity index (χ2n) is 6.29. The first-order valence-corrected chi connectivity index (χ1v) is 7.40. The average Bonchev–Trinajstić information content (AvgIpc) is 2.87. The van der Waals surface area contributed by atoms with Crippen molar-refractivity contribution in [1.29, 1.82) is 0 Å². The fraction of sp³-hybridized carbons (Fsp3) is 0.667. The van der Waals surface area contributed by atoms with Crippen molar-refractivity contribution in [3.8, 4) is 0 Å². The molecule has 0 aromatic carbocycles. The average molecular weight is 299 g/mol. The minimum atomic E-state index is -4.31. The molecule has 6 heteroatoms. The number of rotatable bonds is 1. The molecule has 2 unspecified atom stereocenters. The van der Waals surface area contributed by atoms with E-state index in [1.54, 1.807) is 0 Å². The standard InChI is InChI=1S/C15H20F3N3/c1-11-9-19-6-3-14(11)4-7-21(10-14)13-8-12(2-5-20-13)15(16,17)18/h2,5,8,11,19H,3-4,6-7,9-10H2,1H3. The summed E-state index contributed by atoms with van der Waals surface area (Å²) in [6.07, 6.45) is -0.927. The summed E-state index contributed by atoms with van der Waals surface area (Å²) >= 11 is 0. The van der Waals surface area contributed by atoms with E-state index in [-0.39, 0.29) is 5.41 Å². The van der Waals surface area contributed by atoms with Crippen LogP contribution in [-0.4, -0.2) is 31.2 Å². The third-order valence-corrected chi connectivity index (χ3v) is 5.08. The first-order valence-electron chi connectivity index (χ1n) is 7.40. The normalized spacial score (nSPS) is 30.1. The molecule has 0 bridgehead atoms. The van der Waals surface area contributed by atoms with Crippen molar-refractivity contribution in [2.75, 3.05) is 31.1 Å². The van der Waals surface area contributed by atoms with Crippen LogP contribution in [0.5, 0.6) is 0 Å². The van der Waals surface area contributed by atoms with Gasteiger partial charge in [0.05, 0.1) is 5.56 Å². The molecule has 3 heterocycles. The molecule has 1 aromatic rings. The van der Waals surface area contributed by atoms with Gasteiger partial charge in [0.25, 0.3) is 0 Å². The van der Waals surface area contributed by atoms with E-state index >= 15 is 0 Å². The Labute approximate surface area is 122 Å². The van der Waals surface area contributed by atoms with Crippen molar-refractivity contribution in [3.63, 3.8) is 0 Å². The first kappa shape index (κ1) is 14.6. The van der Waals surface area contributed by atoms with Gasteiger partial charge in [-0.25, -0.2) is 4.98 Å². The third kappa shape index (κ3) is 2.73. The van der Waals surface area contributed by atoms with Gasteiger partial charge in [-0.1, -0.05) is 6.92 Å². The minimum Gasteiger partial charge on any atom is -0.356 e. The Morgan fingerprint density at radius 3 is 2.90 bits per heavy atom. The van der Waals surface area contributed by atoms with Gasteiger partial charge in [-0.2, -0.15) is 13.2 Å². The second-order valence-corrected chi connectivity index (χ2v) is 6.29. The number of alkyl halides is 3. The SMILES string of the molecule is CC1CNCCC12CCN(c1cc(C(F)(F)F)ccn1)C2. The largest absolute Gasteiger partial charge is 0.416 e. The lowest BCUT2D eigenvalue weighted by molar-refractivity contribution is -0.137. The minimum absolute atomic E-state index is 0.223. The van der Waals surface area contributed by atoms with Gasteiger partial charge >= 0.3 is 6.18 Å². The van der Waals surface area contributed by atoms with Crippen LogP contribution < -0.4 is 10.2 Å². The fourth-order valence-corrected chi connectivity index (χ4v) is 3.58. The Morgan fingerprint density at radius 2 is 2.19 bits per heavy atom. The molecule has 21 heavy (non-hydrogen) atoms. The van der Waals surface area contributed by atoms with Crippen LogP contribution in [0.3, 0.4) is 0 Å². The number of nitrogens with zero attached hydrogens (tertiary/aromatic N) is 2. The van der Waals surface area contributed by atoms with Crippen LogP contribution in [0, 0.1) is 11.3 Å². The maximum Gasteiger partial charge on any atom is 0.416 e. The Morgan fingerprint density at radius 1 is 1.38 bits per heavy atom. The third-order valence-electron chi connectivity index (χ3n) is 5.08. The summed E-state index contributed by atoms with van der Waals surface area (Å²) in [7, 11) is 0. The highest BCUT2D eigenvalue weighted by Gasteiger charge is 2.44. The summed E-state index contributed by atoms with van der Waals surface area (Å²) in [6.45, 7) is 5.82. The zero-order valence-electron chi connectivity index (χ0n) is 12.1. The van der Waals surface area contributed by atoms with Gasteiger partial charge in [-0.05, 0) is 49.4 Å². The predicted molar refractivity (Wildman–Crippen MR) is 75.2 cm³/mol. The maximum atomic E-state index is 12.8. The number of piperidine rings is 1. The number of hydrogen-bond donors (Lipinski definition) is 1. The molecule has 0 amide bonds. The van der Waals surface area contributed by atoms with Crippen molar-refractivity contribution in [3.05, 3.63) is 23.9 Å². The van der Waals surface area contributed by atoms with Crippen LogP contribution in [-0.2, 0) is 6.18 Å². The number of hydrogen-bond acceptors (Lipinski definition) is 3. The zero-order chi connectivity index (χ0) is 15.1. The van der Waals surface area contributed by atoms with Crippen LogP contribution in [0.25, 0.3) is 0 Å². The Hall–Kier alpha value is -1.30. The van der Waals surface area contributed by atoms with E-state index in [4.69, 9.17) is 0 Å². The number of aromatic nitrogens is 1. The molecule has 0 saturated carbocycles. The molecule has 2 saturated heterocycles. The number of nitrogens with one attached hydrogen (secondary N) is 1. The van der Waals surface area contributed by atoms with Crippen molar-refractivity contribution >= 4 is 5.82 Å².